The van der Waals surface area contributed by atoms with Crippen LogP contribution in [0.5, 0.6) is 0 Å². The highest BCUT2D eigenvalue weighted by molar-refractivity contribution is 7.89. The summed E-state index contributed by atoms with van der Waals surface area (Å²) in [5, 5.41) is 11.0. The Labute approximate surface area is 110 Å². The fourth-order valence-electron chi connectivity index (χ4n) is 1.65. The van der Waals surface area contributed by atoms with Gasteiger partial charge in [0, 0.05) is 11.6 Å². The predicted octanol–water partition coefficient (Wildman–Crippen LogP) is 0.711. The molecule has 0 amide bonds. The number of benzene rings is 1. The first-order valence-electron chi connectivity index (χ1n) is 5.56. The van der Waals surface area contributed by atoms with Crippen LogP contribution in [0.1, 0.15) is 19.8 Å². The molecule has 0 heterocycles. The van der Waals surface area contributed by atoms with Crippen LogP contribution in [0.15, 0.2) is 23.1 Å². The molecule has 0 bridgehead atoms. The molecule has 104 valence electrons. The average molecular weight is 286 g/mol. The maximum atomic E-state index is 12.1. The first-order valence-corrected chi connectivity index (χ1v) is 7.05. The molecular formula is C10H14N4O4S. The third-order valence-electron chi connectivity index (χ3n) is 2.99. The quantitative estimate of drug-likeness (QED) is 0.415. The highest BCUT2D eigenvalue weighted by atomic mass is 32.2. The van der Waals surface area contributed by atoms with Crippen molar-refractivity contribution in [3.8, 4) is 0 Å². The van der Waals surface area contributed by atoms with Gasteiger partial charge in [-0.15, -0.1) is 0 Å². The van der Waals surface area contributed by atoms with Crippen molar-refractivity contribution in [3.05, 3.63) is 28.3 Å². The number of hydrazine groups is 1. The minimum absolute atomic E-state index is 0.267. The number of rotatable bonds is 5. The molecule has 0 unspecified atom stereocenters. The maximum absolute atomic E-state index is 12.1. The fourth-order valence-corrected chi connectivity index (χ4v) is 3.26. The number of sulfonamides is 1. The third kappa shape index (κ3) is 2.83. The molecule has 19 heavy (non-hydrogen) atoms. The van der Waals surface area contributed by atoms with Crippen LogP contribution in [0.4, 0.5) is 11.4 Å². The van der Waals surface area contributed by atoms with Crippen LogP contribution < -0.4 is 16.0 Å². The number of nitrogen functional groups attached to an aromatic ring is 1. The first-order chi connectivity index (χ1) is 8.77. The molecule has 0 aliphatic heterocycles. The molecule has 9 heteroatoms. The van der Waals surface area contributed by atoms with E-state index < -0.39 is 26.2 Å². The van der Waals surface area contributed by atoms with E-state index in [1.807, 2.05) is 0 Å². The van der Waals surface area contributed by atoms with Crippen LogP contribution in [-0.4, -0.2) is 18.9 Å². The van der Waals surface area contributed by atoms with Gasteiger partial charge in [-0.05, 0) is 31.9 Å². The smallest absolute Gasteiger partial charge is 0.291 e. The summed E-state index contributed by atoms with van der Waals surface area (Å²) in [6.45, 7) is 1.76. The summed E-state index contributed by atoms with van der Waals surface area (Å²) in [6, 6.07) is 3.63. The number of nitrogens with one attached hydrogen (secondary N) is 2. The average Bonchev–Trinajstić information content (AvgIpc) is 3.04. The van der Waals surface area contributed by atoms with Gasteiger partial charge in [-0.1, -0.05) is 0 Å². The third-order valence-corrected chi connectivity index (χ3v) is 4.68. The van der Waals surface area contributed by atoms with E-state index in [9.17, 15) is 18.5 Å². The first kappa shape index (κ1) is 13.7. The van der Waals surface area contributed by atoms with E-state index in [-0.39, 0.29) is 10.6 Å². The van der Waals surface area contributed by atoms with Crippen molar-refractivity contribution in [1.82, 2.24) is 4.72 Å². The van der Waals surface area contributed by atoms with Crippen LogP contribution in [0.2, 0.25) is 0 Å². The molecule has 0 radical (unpaired) electrons. The van der Waals surface area contributed by atoms with Gasteiger partial charge in [0.1, 0.15) is 0 Å². The van der Waals surface area contributed by atoms with Crippen molar-refractivity contribution in [2.45, 2.75) is 30.2 Å². The Morgan fingerprint density at radius 3 is 2.53 bits per heavy atom. The molecule has 1 aromatic carbocycles. The molecule has 4 N–H and O–H groups in total. The molecule has 1 aliphatic rings. The number of anilines is 1. The summed E-state index contributed by atoms with van der Waals surface area (Å²) in [5.41, 5.74) is 1.51. The van der Waals surface area contributed by atoms with Gasteiger partial charge in [-0.3, -0.25) is 16.0 Å². The van der Waals surface area contributed by atoms with Gasteiger partial charge in [0.15, 0.2) is 4.90 Å². The SMILES string of the molecule is CC1(NS(=O)(=O)c2ccc(NN)cc2[N+](=O)[O-])CC1. The number of hydrogen-bond acceptors (Lipinski definition) is 6. The van der Waals surface area contributed by atoms with Crippen molar-refractivity contribution in [1.29, 1.82) is 0 Å². The standard InChI is InChI=1S/C10H14N4O4S/c1-10(4-5-10)13-19(17,18)9-3-2-7(12-11)6-8(9)14(15)16/h2-3,6,12-13H,4-5,11H2,1H3. The molecule has 8 nitrogen and oxygen atoms in total. The molecular weight excluding hydrogens is 272 g/mol. The maximum Gasteiger partial charge on any atom is 0.291 e. The molecule has 0 atom stereocenters. The van der Waals surface area contributed by atoms with Crippen LogP contribution in [0, 0.1) is 10.1 Å². The Hall–Kier alpha value is -1.71. The van der Waals surface area contributed by atoms with E-state index in [0.29, 0.717) is 0 Å². The molecule has 1 saturated carbocycles. The van der Waals surface area contributed by atoms with Gasteiger partial charge in [0.05, 0.1) is 10.6 Å². The minimum atomic E-state index is -3.92. The number of hydrogen-bond donors (Lipinski definition) is 3. The monoisotopic (exact) mass is 286 g/mol. The van der Waals surface area contributed by atoms with Gasteiger partial charge in [0.2, 0.25) is 10.0 Å². The zero-order valence-corrected chi connectivity index (χ0v) is 11.0. The van der Waals surface area contributed by atoms with Gasteiger partial charge in [-0.25, -0.2) is 13.1 Å². The molecule has 0 aromatic heterocycles. The van der Waals surface area contributed by atoms with Crippen LogP contribution in [0.3, 0.4) is 0 Å². The summed E-state index contributed by atoms with van der Waals surface area (Å²) in [5.74, 6) is 5.15. The lowest BCUT2D eigenvalue weighted by atomic mass is 10.3. The zero-order chi connectivity index (χ0) is 14.3. The lowest BCUT2D eigenvalue weighted by Crippen LogP contribution is -2.34. The predicted molar refractivity (Wildman–Crippen MR) is 68.9 cm³/mol. The summed E-state index contributed by atoms with van der Waals surface area (Å²) < 4.78 is 26.8. The lowest BCUT2D eigenvalue weighted by molar-refractivity contribution is -0.387. The molecule has 1 aromatic rings. The number of nitro benzene ring substituents is 1. The summed E-state index contributed by atoms with van der Waals surface area (Å²) in [4.78, 5) is 9.86. The van der Waals surface area contributed by atoms with Crippen molar-refractivity contribution in [2.75, 3.05) is 5.43 Å². The van der Waals surface area contributed by atoms with Crippen LogP contribution in [-0.2, 0) is 10.0 Å². The summed E-state index contributed by atoms with van der Waals surface area (Å²) >= 11 is 0. The van der Waals surface area contributed by atoms with Gasteiger partial charge in [-0.2, -0.15) is 0 Å². The second-order valence-corrected chi connectivity index (χ2v) is 6.40. The number of nitrogens with two attached hydrogens (primary N) is 1. The number of nitrogens with zero attached hydrogens (tertiary/aromatic N) is 1. The molecule has 2 rings (SSSR count). The van der Waals surface area contributed by atoms with Crippen LogP contribution >= 0.6 is 0 Å². The second kappa shape index (κ2) is 4.44. The molecule has 0 spiro atoms. The van der Waals surface area contributed by atoms with Gasteiger partial charge in [0.25, 0.3) is 5.69 Å². The van der Waals surface area contributed by atoms with Gasteiger partial charge < -0.3 is 5.43 Å². The Morgan fingerprint density at radius 1 is 1.42 bits per heavy atom. The lowest BCUT2D eigenvalue weighted by Gasteiger charge is -2.12. The molecule has 1 aliphatic carbocycles. The Morgan fingerprint density at radius 2 is 2.05 bits per heavy atom. The topological polar surface area (TPSA) is 127 Å². The highest BCUT2D eigenvalue weighted by Crippen LogP contribution is 2.37. The second-order valence-electron chi connectivity index (χ2n) is 4.75. The van der Waals surface area contributed by atoms with Crippen molar-refractivity contribution in [2.24, 2.45) is 5.84 Å². The largest absolute Gasteiger partial charge is 0.324 e. The van der Waals surface area contributed by atoms with Crippen LogP contribution in [0.25, 0.3) is 0 Å². The zero-order valence-electron chi connectivity index (χ0n) is 10.2. The van der Waals surface area contributed by atoms with E-state index in [2.05, 4.69) is 10.1 Å². The molecule has 0 saturated heterocycles. The number of nitro groups is 1. The van der Waals surface area contributed by atoms with E-state index in [4.69, 9.17) is 5.84 Å². The van der Waals surface area contributed by atoms with Crippen molar-refractivity contribution < 1.29 is 13.3 Å². The van der Waals surface area contributed by atoms with Crippen molar-refractivity contribution in [3.63, 3.8) is 0 Å². The van der Waals surface area contributed by atoms with Crippen molar-refractivity contribution >= 4 is 21.4 Å². The Bertz CT molecular complexity index is 624. The fraction of sp³-hybridized carbons (Fsp3) is 0.400. The van der Waals surface area contributed by atoms with Gasteiger partial charge >= 0.3 is 0 Å². The highest BCUT2D eigenvalue weighted by Gasteiger charge is 2.42. The summed E-state index contributed by atoms with van der Waals surface area (Å²) in [6.07, 6.45) is 1.45. The Balaban J connectivity index is 2.46. The van der Waals surface area contributed by atoms with E-state index in [0.717, 1.165) is 18.9 Å². The summed E-state index contributed by atoms with van der Waals surface area (Å²) in [7, 11) is -3.92. The Kier molecular flexibility index (Phi) is 3.20. The normalized spacial score (nSPS) is 16.9. The van der Waals surface area contributed by atoms with E-state index in [1.165, 1.54) is 12.1 Å². The molecule has 1 fully saturated rings. The van der Waals surface area contributed by atoms with E-state index in [1.54, 1.807) is 6.92 Å². The van der Waals surface area contributed by atoms with E-state index >= 15 is 0 Å². The minimum Gasteiger partial charge on any atom is -0.324 e.